The lowest BCUT2D eigenvalue weighted by Gasteiger charge is -2.28. The van der Waals surface area contributed by atoms with Gasteiger partial charge in [0.05, 0.1) is 12.6 Å². The maximum Gasteiger partial charge on any atom is 0.245 e. The molecule has 0 radical (unpaired) electrons. The molecule has 0 aliphatic carbocycles. The molecule has 0 saturated carbocycles. The minimum absolute atomic E-state index is 0.00145. The highest BCUT2D eigenvalue weighted by Gasteiger charge is 2.33. The molecular weight excluding hydrogens is 632 g/mol. The van der Waals surface area contributed by atoms with Gasteiger partial charge in [0.15, 0.2) is 5.96 Å². The minimum atomic E-state index is -1.42. The predicted molar refractivity (Wildman–Crippen MR) is 189 cm³/mol. The predicted octanol–water partition coefficient (Wildman–Crippen LogP) is -1.89. The molecule has 1 aromatic rings. The second kappa shape index (κ2) is 23.1. The van der Waals surface area contributed by atoms with Crippen LogP contribution in [0.1, 0.15) is 65.4 Å². The maximum atomic E-state index is 13.6. The molecule has 0 aliphatic heterocycles. The summed E-state index contributed by atoms with van der Waals surface area (Å²) in [5.74, 6) is -3.52. The van der Waals surface area contributed by atoms with Crippen LogP contribution in [0.3, 0.4) is 0 Å². The molecule has 1 aromatic carbocycles. The molecule has 0 heterocycles. The van der Waals surface area contributed by atoms with Crippen LogP contribution in [0.4, 0.5) is 0 Å². The van der Waals surface area contributed by atoms with Crippen molar-refractivity contribution in [2.45, 2.75) is 102 Å². The Morgan fingerprint density at radius 1 is 0.735 bits per heavy atom. The van der Waals surface area contributed by atoms with E-state index in [4.69, 9.17) is 17.2 Å². The van der Waals surface area contributed by atoms with Crippen molar-refractivity contribution in [2.24, 2.45) is 28.1 Å². The Morgan fingerprint density at radius 3 is 1.86 bits per heavy atom. The van der Waals surface area contributed by atoms with Crippen LogP contribution in [-0.4, -0.2) is 104 Å². The number of nitrogens with two attached hydrogens (primary N) is 3. The van der Waals surface area contributed by atoms with Gasteiger partial charge in [-0.15, -0.1) is 0 Å². The Hall–Kier alpha value is -4.28. The van der Waals surface area contributed by atoms with Gasteiger partial charge in [0.2, 0.25) is 29.5 Å². The largest absolute Gasteiger partial charge is 0.394 e. The van der Waals surface area contributed by atoms with Gasteiger partial charge in [-0.2, -0.15) is 0 Å². The number of benzene rings is 1. The highest BCUT2D eigenvalue weighted by molar-refractivity contribution is 5.96. The fraction of sp³-hybridized carbons (Fsp3) is 0.636. The molecule has 13 N–H and O–H groups in total. The van der Waals surface area contributed by atoms with Crippen LogP contribution in [0.15, 0.2) is 35.3 Å². The van der Waals surface area contributed by atoms with Crippen molar-refractivity contribution >= 4 is 35.5 Å². The summed E-state index contributed by atoms with van der Waals surface area (Å²) >= 11 is 0. The Bertz CT molecular complexity index is 1210. The van der Waals surface area contributed by atoms with Gasteiger partial charge in [-0.1, -0.05) is 64.4 Å². The topological polar surface area (TPSA) is 268 Å². The van der Waals surface area contributed by atoms with E-state index in [2.05, 4.69) is 36.9 Å². The molecule has 0 unspecified atom stereocenters. The number of carbonyl (C=O) groups is 5. The second-order valence-electron chi connectivity index (χ2n) is 12.5. The first-order valence-corrected chi connectivity index (χ1v) is 16.8. The number of aliphatic hydroxyl groups is 1. The number of aliphatic hydroxyl groups excluding tert-OH is 1. The Labute approximate surface area is 289 Å². The van der Waals surface area contributed by atoms with Gasteiger partial charge < -0.3 is 54.2 Å². The number of nitrogens with one attached hydrogen (secondary N) is 6. The van der Waals surface area contributed by atoms with Crippen LogP contribution in [0, 0.1) is 5.92 Å². The van der Waals surface area contributed by atoms with E-state index in [-0.39, 0.29) is 37.3 Å². The molecule has 1 rings (SSSR count). The van der Waals surface area contributed by atoms with Crippen molar-refractivity contribution < 1.29 is 29.1 Å². The van der Waals surface area contributed by atoms with E-state index in [1.165, 1.54) is 7.05 Å². The molecule has 49 heavy (non-hydrogen) atoms. The van der Waals surface area contributed by atoms with Crippen molar-refractivity contribution in [3.63, 3.8) is 0 Å². The fourth-order valence-electron chi connectivity index (χ4n) is 4.98. The molecule has 0 aliphatic rings. The van der Waals surface area contributed by atoms with E-state index in [1.54, 1.807) is 26.0 Å². The lowest BCUT2D eigenvalue weighted by Crippen LogP contribution is -2.61. The van der Waals surface area contributed by atoms with Gasteiger partial charge in [0, 0.05) is 26.1 Å². The SMILES string of the molecule is CNC(=O)[C@H](Cc1ccccc1)NC(=O)[C@H](CO)NC(=O)[C@@H](NC(=O)[C@H](CCCN=C(N)N)NC(=O)[C@H](CCCCN)NC(C)C)C(C)C. The average Bonchev–Trinajstić information content (AvgIpc) is 3.05. The zero-order chi connectivity index (χ0) is 36.9. The zero-order valence-electron chi connectivity index (χ0n) is 29.5. The van der Waals surface area contributed by atoms with E-state index in [1.807, 2.05) is 32.0 Å². The third-order valence-corrected chi connectivity index (χ3v) is 7.60. The molecule has 16 nitrogen and oxygen atoms in total. The highest BCUT2D eigenvalue weighted by atomic mass is 16.3. The normalized spacial score (nSPS) is 14.1. The molecule has 0 saturated heterocycles. The Kier molecular flexibility index (Phi) is 20.2. The smallest absolute Gasteiger partial charge is 0.245 e. The minimum Gasteiger partial charge on any atom is -0.394 e. The second-order valence-corrected chi connectivity index (χ2v) is 12.5. The molecule has 0 fully saturated rings. The third kappa shape index (κ3) is 16.6. The number of amides is 5. The number of hydrogen-bond acceptors (Lipinski definition) is 9. The molecular formula is C33H58N10O6. The first-order valence-electron chi connectivity index (χ1n) is 16.8. The number of nitrogens with zero attached hydrogens (tertiary/aromatic N) is 1. The summed E-state index contributed by atoms with van der Waals surface area (Å²) in [4.78, 5) is 70.2. The van der Waals surface area contributed by atoms with E-state index in [9.17, 15) is 29.1 Å². The first-order chi connectivity index (χ1) is 23.2. The summed E-state index contributed by atoms with van der Waals surface area (Å²) in [7, 11) is 1.44. The number of guanidine groups is 1. The van der Waals surface area contributed by atoms with Gasteiger partial charge in [-0.3, -0.25) is 29.0 Å². The molecule has 0 bridgehead atoms. The molecule has 5 amide bonds. The van der Waals surface area contributed by atoms with Crippen molar-refractivity contribution in [1.82, 2.24) is 31.9 Å². The van der Waals surface area contributed by atoms with Gasteiger partial charge in [0.25, 0.3) is 0 Å². The van der Waals surface area contributed by atoms with E-state index in [0.29, 0.717) is 25.8 Å². The van der Waals surface area contributed by atoms with Crippen molar-refractivity contribution in [2.75, 3.05) is 26.7 Å². The standard InChI is InChI=1S/C33H58N10O6/c1-20(2)27(32(49)42-26(19-44)31(48)41-25(28(45)37-5)18-22-12-7-6-8-13-22)43-30(47)24(15-11-17-38-33(35)36)40-29(46)23(39-21(3)4)14-9-10-16-34/h6-8,12-13,20-21,23-27,39,44H,9-11,14-19,34H2,1-5H3,(H,37,45)(H,40,46)(H,41,48)(H,42,49)(H,43,47)(H4,35,36,38)/t23-,24-,25-,26-,27-/m0/s1. The summed E-state index contributed by atoms with van der Waals surface area (Å²) < 4.78 is 0. The fourth-order valence-corrected chi connectivity index (χ4v) is 4.98. The van der Waals surface area contributed by atoms with Crippen molar-refractivity contribution in [3.05, 3.63) is 35.9 Å². The van der Waals surface area contributed by atoms with Crippen molar-refractivity contribution in [3.8, 4) is 0 Å². The van der Waals surface area contributed by atoms with Crippen molar-refractivity contribution in [1.29, 1.82) is 0 Å². The summed E-state index contributed by atoms with van der Waals surface area (Å²) in [5.41, 5.74) is 17.3. The summed E-state index contributed by atoms with van der Waals surface area (Å²) in [6, 6.07) is 3.91. The van der Waals surface area contributed by atoms with Gasteiger partial charge in [0.1, 0.15) is 24.2 Å². The number of unbranched alkanes of at least 4 members (excludes halogenated alkanes) is 1. The number of carbonyl (C=O) groups excluding carboxylic acids is 5. The zero-order valence-corrected chi connectivity index (χ0v) is 29.5. The summed E-state index contributed by atoms with van der Waals surface area (Å²) in [6.07, 6.45) is 2.66. The van der Waals surface area contributed by atoms with E-state index < -0.39 is 66.4 Å². The highest BCUT2D eigenvalue weighted by Crippen LogP contribution is 2.09. The number of likely N-dealkylation sites (N-methyl/N-ethyl adjacent to an activating group) is 1. The molecule has 5 atom stereocenters. The monoisotopic (exact) mass is 690 g/mol. The third-order valence-electron chi connectivity index (χ3n) is 7.60. The quantitative estimate of drug-likeness (QED) is 0.0347. The molecule has 0 aromatic heterocycles. The molecule has 276 valence electrons. The first kappa shape index (κ1) is 42.7. The van der Waals surface area contributed by atoms with Gasteiger partial charge in [-0.05, 0) is 43.7 Å². The molecule has 0 spiro atoms. The maximum absolute atomic E-state index is 13.6. The number of rotatable bonds is 23. The average molecular weight is 691 g/mol. The summed E-state index contributed by atoms with van der Waals surface area (Å²) in [5, 5.41) is 26.4. The Morgan fingerprint density at radius 2 is 1.31 bits per heavy atom. The van der Waals surface area contributed by atoms with Crippen LogP contribution in [-0.2, 0) is 30.4 Å². The molecule has 16 heteroatoms. The lowest BCUT2D eigenvalue weighted by molar-refractivity contribution is -0.136. The van der Waals surface area contributed by atoms with Crippen LogP contribution in [0.2, 0.25) is 0 Å². The van der Waals surface area contributed by atoms with Crippen LogP contribution in [0.25, 0.3) is 0 Å². The summed E-state index contributed by atoms with van der Waals surface area (Å²) in [6.45, 7) is 7.17. The Balaban J connectivity index is 3.12. The van der Waals surface area contributed by atoms with Gasteiger partial charge >= 0.3 is 0 Å². The van der Waals surface area contributed by atoms with Crippen LogP contribution < -0.4 is 49.1 Å². The van der Waals surface area contributed by atoms with Crippen LogP contribution in [0.5, 0.6) is 0 Å². The number of hydrogen-bond donors (Lipinski definition) is 10. The number of aliphatic imine (C=N–C) groups is 1. The van der Waals surface area contributed by atoms with E-state index in [0.717, 1.165) is 12.0 Å². The van der Waals surface area contributed by atoms with Crippen LogP contribution >= 0.6 is 0 Å². The lowest BCUT2D eigenvalue weighted by atomic mass is 10.0. The van der Waals surface area contributed by atoms with E-state index >= 15 is 0 Å². The van der Waals surface area contributed by atoms with Gasteiger partial charge in [-0.25, -0.2) is 0 Å².